The van der Waals surface area contributed by atoms with E-state index >= 15 is 0 Å². The zero-order valence-corrected chi connectivity index (χ0v) is 20.1. The number of hydrogen-bond donors (Lipinski definition) is 2. The highest BCUT2D eigenvalue weighted by molar-refractivity contribution is 5.97. The Kier molecular flexibility index (Phi) is 8.50. The number of morpholine rings is 1. The maximum absolute atomic E-state index is 13.2. The molecule has 2 aromatic carbocycles. The van der Waals surface area contributed by atoms with E-state index in [-0.39, 0.29) is 42.6 Å². The largest absolute Gasteiger partial charge is 0.497 e. The van der Waals surface area contributed by atoms with Crippen LogP contribution in [0.1, 0.15) is 28.3 Å². The lowest BCUT2D eigenvalue weighted by Gasteiger charge is -2.30. The first-order valence-corrected chi connectivity index (χ1v) is 11.9. The van der Waals surface area contributed by atoms with Crippen LogP contribution < -0.4 is 15.4 Å². The first-order chi connectivity index (χ1) is 17.4. The summed E-state index contributed by atoms with van der Waals surface area (Å²) in [6.07, 6.45) is 0.837. The number of rotatable bonds is 10. The van der Waals surface area contributed by atoms with Crippen molar-refractivity contribution in [3.05, 3.63) is 65.5 Å². The molecule has 0 bridgehead atoms. The van der Waals surface area contributed by atoms with Crippen LogP contribution in [-0.2, 0) is 19.1 Å². The topological polar surface area (TPSA) is 106 Å². The number of amides is 3. The molecule has 2 N–H and O–H groups in total. The molecule has 2 aromatic rings. The van der Waals surface area contributed by atoms with Crippen LogP contribution in [0.4, 0.5) is 4.39 Å². The molecule has 36 heavy (non-hydrogen) atoms. The number of nitrogens with one attached hydrogen (secondary N) is 2. The van der Waals surface area contributed by atoms with Gasteiger partial charge in [0, 0.05) is 30.6 Å². The van der Waals surface area contributed by atoms with E-state index in [1.807, 2.05) is 24.3 Å². The summed E-state index contributed by atoms with van der Waals surface area (Å²) in [6.45, 7) is 1.19. The van der Waals surface area contributed by atoms with Gasteiger partial charge in [-0.2, -0.15) is 0 Å². The molecule has 1 saturated heterocycles. The molecule has 1 unspecified atom stereocenters. The molecule has 1 aliphatic carbocycles. The van der Waals surface area contributed by atoms with E-state index in [4.69, 9.17) is 14.2 Å². The molecule has 4 rings (SSSR count). The highest BCUT2D eigenvalue weighted by atomic mass is 19.1. The Balaban J connectivity index is 1.28. The third kappa shape index (κ3) is 6.79. The third-order valence-corrected chi connectivity index (χ3v) is 6.23. The van der Waals surface area contributed by atoms with Gasteiger partial charge in [-0.25, -0.2) is 4.39 Å². The van der Waals surface area contributed by atoms with E-state index in [1.165, 1.54) is 24.3 Å². The van der Waals surface area contributed by atoms with Crippen LogP contribution >= 0.6 is 0 Å². The second kappa shape index (κ2) is 12.0. The minimum absolute atomic E-state index is 0.0263. The van der Waals surface area contributed by atoms with Crippen molar-refractivity contribution in [1.82, 2.24) is 15.5 Å². The zero-order valence-electron chi connectivity index (χ0n) is 20.1. The summed E-state index contributed by atoms with van der Waals surface area (Å²) in [5.41, 5.74) is 1.34. The fourth-order valence-corrected chi connectivity index (χ4v) is 4.11. The average Bonchev–Trinajstić information content (AvgIpc) is 3.67. The van der Waals surface area contributed by atoms with E-state index in [9.17, 15) is 18.8 Å². The highest BCUT2D eigenvalue weighted by Gasteiger charge is 2.39. The molecule has 3 amide bonds. The summed E-state index contributed by atoms with van der Waals surface area (Å²) < 4.78 is 29.2. The van der Waals surface area contributed by atoms with Gasteiger partial charge in [0.25, 0.3) is 5.91 Å². The van der Waals surface area contributed by atoms with Crippen molar-refractivity contribution in [3.8, 4) is 5.75 Å². The number of hydrogen-bond acceptors (Lipinski definition) is 6. The van der Waals surface area contributed by atoms with Crippen LogP contribution in [-0.4, -0.2) is 81.3 Å². The number of benzene rings is 2. The Morgan fingerprint density at radius 1 is 1.08 bits per heavy atom. The SMILES string of the molecule is COc1ccc([C@@H]2CC2NC(=O)COC[C@H](NC(=O)c2ccc(F)cc2)C(=O)N2CCOCC2)cc1. The molecule has 2 aliphatic rings. The fourth-order valence-electron chi connectivity index (χ4n) is 4.11. The lowest BCUT2D eigenvalue weighted by molar-refractivity contribution is -0.140. The van der Waals surface area contributed by atoms with Gasteiger partial charge in [0.2, 0.25) is 11.8 Å². The minimum Gasteiger partial charge on any atom is -0.497 e. The van der Waals surface area contributed by atoms with Crippen LogP contribution in [0.3, 0.4) is 0 Å². The number of carbonyl (C=O) groups is 3. The molecule has 0 radical (unpaired) electrons. The van der Waals surface area contributed by atoms with Crippen molar-refractivity contribution in [3.63, 3.8) is 0 Å². The molecule has 1 heterocycles. The second-order valence-corrected chi connectivity index (χ2v) is 8.78. The van der Waals surface area contributed by atoms with E-state index in [1.54, 1.807) is 12.0 Å². The number of ether oxygens (including phenoxy) is 3. The van der Waals surface area contributed by atoms with E-state index < -0.39 is 17.8 Å². The zero-order chi connectivity index (χ0) is 25.5. The summed E-state index contributed by atoms with van der Waals surface area (Å²) in [4.78, 5) is 39.7. The lowest BCUT2D eigenvalue weighted by atomic mass is 10.1. The van der Waals surface area contributed by atoms with E-state index in [0.29, 0.717) is 26.3 Å². The Hall–Kier alpha value is -3.50. The first-order valence-electron chi connectivity index (χ1n) is 11.9. The second-order valence-electron chi connectivity index (χ2n) is 8.78. The molecular formula is C26H30FN3O6. The van der Waals surface area contributed by atoms with Gasteiger partial charge >= 0.3 is 0 Å². The molecule has 10 heteroatoms. The summed E-state index contributed by atoms with van der Waals surface area (Å²) in [5, 5.41) is 5.59. The van der Waals surface area contributed by atoms with Crippen LogP contribution in [0.15, 0.2) is 48.5 Å². The number of nitrogens with zero attached hydrogens (tertiary/aromatic N) is 1. The van der Waals surface area contributed by atoms with E-state index in [2.05, 4.69) is 10.6 Å². The molecule has 1 saturated carbocycles. The van der Waals surface area contributed by atoms with Gasteiger partial charge in [0.15, 0.2) is 0 Å². The van der Waals surface area contributed by atoms with Crippen molar-refractivity contribution < 1.29 is 33.0 Å². The Bertz CT molecular complexity index is 1060. The predicted octanol–water partition coefficient (Wildman–Crippen LogP) is 1.48. The van der Waals surface area contributed by atoms with Gasteiger partial charge in [-0.3, -0.25) is 14.4 Å². The molecule has 9 nitrogen and oxygen atoms in total. The number of carbonyl (C=O) groups excluding carboxylic acids is 3. The van der Waals surface area contributed by atoms with Gasteiger partial charge in [0.1, 0.15) is 24.2 Å². The monoisotopic (exact) mass is 499 g/mol. The van der Waals surface area contributed by atoms with Crippen molar-refractivity contribution in [2.24, 2.45) is 0 Å². The highest BCUT2D eigenvalue weighted by Crippen LogP contribution is 2.41. The summed E-state index contributed by atoms with van der Waals surface area (Å²) >= 11 is 0. The van der Waals surface area contributed by atoms with Crippen LogP contribution in [0.2, 0.25) is 0 Å². The van der Waals surface area contributed by atoms with Crippen LogP contribution in [0, 0.1) is 5.82 Å². The Labute approximate surface area is 208 Å². The van der Waals surface area contributed by atoms with Gasteiger partial charge < -0.3 is 29.7 Å². The Morgan fingerprint density at radius 3 is 2.44 bits per heavy atom. The first kappa shape index (κ1) is 25.6. The quantitative estimate of drug-likeness (QED) is 0.513. The number of methoxy groups -OCH3 is 1. The Morgan fingerprint density at radius 2 is 1.78 bits per heavy atom. The maximum Gasteiger partial charge on any atom is 0.251 e. The predicted molar refractivity (Wildman–Crippen MR) is 128 cm³/mol. The standard InChI is InChI=1S/C26H30FN3O6/c1-34-20-8-4-17(5-9-20)21-14-22(21)28-24(31)16-36-15-23(26(33)30-10-12-35-13-11-30)29-25(32)18-2-6-19(27)7-3-18/h2-9,21-23H,10-16H2,1H3,(H,28,31)(H,29,32)/t21-,22?,23-/m0/s1. The van der Waals surface area contributed by atoms with Gasteiger partial charge in [-0.05, 0) is 48.4 Å². The minimum atomic E-state index is -0.999. The van der Waals surface area contributed by atoms with Crippen LogP contribution in [0.25, 0.3) is 0 Å². The normalized spacial score (nSPS) is 19.8. The molecule has 0 aromatic heterocycles. The fraction of sp³-hybridized carbons (Fsp3) is 0.423. The third-order valence-electron chi connectivity index (χ3n) is 6.23. The molecule has 2 fully saturated rings. The summed E-state index contributed by atoms with van der Waals surface area (Å²) in [7, 11) is 1.61. The van der Waals surface area contributed by atoms with Gasteiger partial charge in [-0.1, -0.05) is 12.1 Å². The van der Waals surface area contributed by atoms with E-state index in [0.717, 1.165) is 17.7 Å². The smallest absolute Gasteiger partial charge is 0.251 e. The lowest BCUT2D eigenvalue weighted by Crippen LogP contribution is -2.53. The van der Waals surface area contributed by atoms with Crippen molar-refractivity contribution >= 4 is 17.7 Å². The summed E-state index contributed by atoms with van der Waals surface area (Å²) in [5.74, 6) is -0.595. The molecule has 3 atom stereocenters. The average molecular weight is 500 g/mol. The van der Waals surface area contributed by atoms with Crippen molar-refractivity contribution in [2.75, 3.05) is 46.6 Å². The van der Waals surface area contributed by atoms with Gasteiger partial charge in [0.05, 0.1) is 26.9 Å². The van der Waals surface area contributed by atoms with Gasteiger partial charge in [-0.15, -0.1) is 0 Å². The van der Waals surface area contributed by atoms with Crippen molar-refractivity contribution in [1.29, 1.82) is 0 Å². The molecular weight excluding hydrogens is 469 g/mol. The summed E-state index contributed by atoms with van der Waals surface area (Å²) in [6, 6.07) is 11.8. The molecule has 192 valence electrons. The molecule has 1 aliphatic heterocycles. The van der Waals surface area contributed by atoms with Crippen molar-refractivity contribution in [2.45, 2.75) is 24.4 Å². The molecule has 0 spiro atoms. The maximum atomic E-state index is 13.2. The van der Waals surface area contributed by atoms with Crippen LogP contribution in [0.5, 0.6) is 5.75 Å². The number of halogens is 1.